The van der Waals surface area contributed by atoms with Gasteiger partial charge in [0, 0.05) is 30.1 Å². The molecule has 0 saturated heterocycles. The molecule has 1 rings (SSSR count). The molecule has 1 aromatic carbocycles. The van der Waals surface area contributed by atoms with Crippen molar-refractivity contribution in [3.8, 4) is 5.75 Å². The summed E-state index contributed by atoms with van der Waals surface area (Å²) in [6, 6.07) is 5.52. The number of benzene rings is 1. The Labute approximate surface area is 109 Å². The Morgan fingerprint density at radius 2 is 2.06 bits per heavy atom. The minimum Gasteiger partial charge on any atom is -0.491 e. The average molecular weight is 252 g/mol. The molecule has 1 aromatic rings. The van der Waals surface area contributed by atoms with E-state index >= 15 is 0 Å². The molecule has 102 valence electrons. The molecule has 4 heteroatoms. The van der Waals surface area contributed by atoms with Crippen molar-refractivity contribution in [2.24, 2.45) is 0 Å². The van der Waals surface area contributed by atoms with E-state index in [2.05, 4.69) is 5.32 Å². The number of aliphatic hydroxyl groups is 1. The molecule has 0 radical (unpaired) electrons. The van der Waals surface area contributed by atoms with Gasteiger partial charge in [-0.2, -0.15) is 0 Å². The first-order valence-electron chi connectivity index (χ1n) is 6.36. The molecule has 0 heterocycles. The lowest BCUT2D eigenvalue weighted by Crippen LogP contribution is -2.32. The summed E-state index contributed by atoms with van der Waals surface area (Å²) < 4.78 is 5.61. The van der Waals surface area contributed by atoms with E-state index in [1.807, 2.05) is 32.9 Å². The first-order chi connectivity index (χ1) is 8.32. The molecule has 0 amide bonds. The van der Waals surface area contributed by atoms with Crippen LogP contribution in [0, 0.1) is 0 Å². The molecule has 1 unspecified atom stereocenters. The molecule has 0 aromatic heterocycles. The fourth-order valence-corrected chi connectivity index (χ4v) is 1.48. The van der Waals surface area contributed by atoms with E-state index in [-0.39, 0.29) is 6.10 Å². The van der Waals surface area contributed by atoms with Crippen LogP contribution in [0.1, 0.15) is 34.1 Å². The van der Waals surface area contributed by atoms with Crippen LogP contribution >= 0.6 is 0 Å². The van der Waals surface area contributed by atoms with Crippen molar-refractivity contribution in [2.45, 2.75) is 45.8 Å². The Morgan fingerprint density at radius 3 is 2.61 bits per heavy atom. The summed E-state index contributed by atoms with van der Waals surface area (Å²) in [7, 11) is 0. The minimum atomic E-state index is -0.719. The molecule has 1 atom stereocenters. The smallest absolute Gasteiger partial charge is 0.123 e. The molecule has 0 saturated carbocycles. The molecule has 0 aliphatic rings. The number of hydrogen-bond donors (Lipinski definition) is 3. The number of nitrogens with two attached hydrogens (primary N) is 1. The normalized spacial score (nSPS) is 14.3. The third-order valence-corrected chi connectivity index (χ3v) is 2.74. The van der Waals surface area contributed by atoms with E-state index in [0.29, 0.717) is 18.7 Å². The summed E-state index contributed by atoms with van der Waals surface area (Å²) in [5.41, 5.74) is 6.61. The van der Waals surface area contributed by atoms with Crippen LogP contribution in [0.15, 0.2) is 18.2 Å². The van der Waals surface area contributed by atoms with Crippen LogP contribution in [-0.2, 0) is 0 Å². The SMILES string of the molecule is CCC(C)(O)CNc1cc(N)cc(OC(C)C)c1. The zero-order valence-electron chi connectivity index (χ0n) is 11.7. The average Bonchev–Trinajstić information content (AvgIpc) is 2.25. The van der Waals surface area contributed by atoms with Gasteiger partial charge in [-0.05, 0) is 33.3 Å². The van der Waals surface area contributed by atoms with Gasteiger partial charge in [-0.25, -0.2) is 0 Å². The Bertz CT molecular complexity index is 389. The molecule has 0 bridgehead atoms. The predicted molar refractivity (Wildman–Crippen MR) is 76.0 cm³/mol. The monoisotopic (exact) mass is 252 g/mol. The van der Waals surface area contributed by atoms with Gasteiger partial charge in [0.2, 0.25) is 0 Å². The maximum Gasteiger partial charge on any atom is 0.123 e. The Kier molecular flexibility index (Phi) is 4.84. The molecule has 0 aliphatic heterocycles. The highest BCUT2D eigenvalue weighted by atomic mass is 16.5. The van der Waals surface area contributed by atoms with Crippen LogP contribution in [0.5, 0.6) is 5.75 Å². The van der Waals surface area contributed by atoms with E-state index in [1.54, 1.807) is 13.0 Å². The van der Waals surface area contributed by atoms with Crippen molar-refractivity contribution in [3.63, 3.8) is 0 Å². The Balaban J connectivity index is 2.74. The lowest BCUT2D eigenvalue weighted by Gasteiger charge is -2.22. The number of rotatable bonds is 6. The number of anilines is 2. The van der Waals surface area contributed by atoms with E-state index in [9.17, 15) is 5.11 Å². The van der Waals surface area contributed by atoms with Crippen molar-refractivity contribution < 1.29 is 9.84 Å². The van der Waals surface area contributed by atoms with Crippen LogP contribution < -0.4 is 15.8 Å². The summed E-state index contributed by atoms with van der Waals surface area (Å²) in [6.07, 6.45) is 0.802. The number of nitrogens with one attached hydrogen (secondary N) is 1. The molecule has 0 fully saturated rings. The zero-order valence-corrected chi connectivity index (χ0v) is 11.7. The molecule has 0 aliphatic carbocycles. The second-order valence-electron chi connectivity index (χ2n) is 5.16. The first-order valence-corrected chi connectivity index (χ1v) is 6.36. The first kappa shape index (κ1) is 14.6. The van der Waals surface area contributed by atoms with Gasteiger partial charge in [0.15, 0.2) is 0 Å². The fourth-order valence-electron chi connectivity index (χ4n) is 1.48. The zero-order chi connectivity index (χ0) is 13.8. The van der Waals surface area contributed by atoms with Crippen molar-refractivity contribution in [2.75, 3.05) is 17.6 Å². The highest BCUT2D eigenvalue weighted by Crippen LogP contribution is 2.24. The quantitative estimate of drug-likeness (QED) is 0.681. The standard InChI is InChI=1S/C14H24N2O2/c1-5-14(4,17)9-16-12-6-11(15)7-13(8-12)18-10(2)3/h6-8,10,16-17H,5,9,15H2,1-4H3. The maximum absolute atomic E-state index is 9.94. The van der Waals surface area contributed by atoms with Crippen LogP contribution in [0.4, 0.5) is 11.4 Å². The van der Waals surface area contributed by atoms with Gasteiger partial charge in [0.1, 0.15) is 5.75 Å². The van der Waals surface area contributed by atoms with Crippen LogP contribution in [0.25, 0.3) is 0 Å². The van der Waals surface area contributed by atoms with Gasteiger partial charge < -0.3 is 20.9 Å². The van der Waals surface area contributed by atoms with Crippen molar-refractivity contribution in [3.05, 3.63) is 18.2 Å². The lowest BCUT2D eigenvalue weighted by atomic mass is 10.0. The number of nitrogen functional groups attached to an aromatic ring is 1. The van der Waals surface area contributed by atoms with Crippen LogP contribution in [0.2, 0.25) is 0 Å². The molecule has 4 nitrogen and oxygen atoms in total. The second-order valence-corrected chi connectivity index (χ2v) is 5.16. The Hall–Kier alpha value is -1.42. The molecule has 0 spiro atoms. The summed E-state index contributed by atoms with van der Waals surface area (Å²) in [5, 5.41) is 13.1. The largest absolute Gasteiger partial charge is 0.491 e. The van der Waals surface area contributed by atoms with E-state index < -0.39 is 5.60 Å². The van der Waals surface area contributed by atoms with Gasteiger partial charge in [-0.15, -0.1) is 0 Å². The van der Waals surface area contributed by atoms with Crippen LogP contribution in [0.3, 0.4) is 0 Å². The van der Waals surface area contributed by atoms with E-state index in [0.717, 1.165) is 11.4 Å². The maximum atomic E-state index is 9.94. The van der Waals surface area contributed by atoms with Gasteiger partial charge >= 0.3 is 0 Å². The fraction of sp³-hybridized carbons (Fsp3) is 0.571. The summed E-state index contributed by atoms with van der Waals surface area (Å²) >= 11 is 0. The third-order valence-electron chi connectivity index (χ3n) is 2.74. The molecular weight excluding hydrogens is 228 g/mol. The topological polar surface area (TPSA) is 67.5 Å². The minimum absolute atomic E-state index is 0.110. The second kappa shape index (κ2) is 5.96. The highest BCUT2D eigenvalue weighted by Gasteiger charge is 2.16. The van der Waals surface area contributed by atoms with Crippen molar-refractivity contribution in [1.82, 2.24) is 0 Å². The van der Waals surface area contributed by atoms with E-state index in [1.165, 1.54) is 0 Å². The molecular formula is C14H24N2O2. The molecule has 4 N–H and O–H groups in total. The van der Waals surface area contributed by atoms with Crippen LogP contribution in [-0.4, -0.2) is 23.4 Å². The van der Waals surface area contributed by atoms with Gasteiger partial charge in [-0.3, -0.25) is 0 Å². The predicted octanol–water partition coefficient (Wildman–Crippen LogP) is 2.63. The number of ether oxygens (including phenoxy) is 1. The van der Waals surface area contributed by atoms with Gasteiger partial charge in [0.25, 0.3) is 0 Å². The number of hydrogen-bond acceptors (Lipinski definition) is 4. The summed E-state index contributed by atoms with van der Waals surface area (Å²) in [5.74, 6) is 0.739. The van der Waals surface area contributed by atoms with E-state index in [4.69, 9.17) is 10.5 Å². The summed E-state index contributed by atoms with van der Waals surface area (Å²) in [6.45, 7) is 8.18. The summed E-state index contributed by atoms with van der Waals surface area (Å²) in [4.78, 5) is 0. The van der Waals surface area contributed by atoms with Crippen molar-refractivity contribution >= 4 is 11.4 Å². The third kappa shape index (κ3) is 4.84. The molecule has 18 heavy (non-hydrogen) atoms. The Morgan fingerprint density at radius 1 is 1.39 bits per heavy atom. The lowest BCUT2D eigenvalue weighted by molar-refractivity contribution is 0.0697. The van der Waals surface area contributed by atoms with Gasteiger partial charge in [-0.1, -0.05) is 6.92 Å². The van der Waals surface area contributed by atoms with Gasteiger partial charge in [0.05, 0.1) is 11.7 Å². The van der Waals surface area contributed by atoms with Crippen molar-refractivity contribution in [1.29, 1.82) is 0 Å². The highest BCUT2D eigenvalue weighted by molar-refractivity contribution is 5.59.